The minimum Gasteiger partial charge on any atom is -0.497 e. The Kier molecular flexibility index (Phi) is 4.80. The molecule has 0 spiro atoms. The summed E-state index contributed by atoms with van der Waals surface area (Å²) in [7, 11) is 1.69. The van der Waals surface area contributed by atoms with E-state index in [2.05, 4.69) is 17.4 Å². The quantitative estimate of drug-likeness (QED) is 0.774. The number of methoxy groups -OCH3 is 1. The summed E-state index contributed by atoms with van der Waals surface area (Å²) in [6, 6.07) is 6.59. The summed E-state index contributed by atoms with van der Waals surface area (Å²) >= 11 is 0. The first kappa shape index (κ1) is 13.9. The molecular formula is C15H21NO3. The number of aliphatic carboxylic acids is 1. The second-order valence-electron chi connectivity index (χ2n) is 4.96. The molecule has 1 atom stereocenters. The molecule has 1 aromatic carbocycles. The second kappa shape index (κ2) is 6.57. The Labute approximate surface area is 113 Å². The van der Waals surface area contributed by atoms with Gasteiger partial charge in [0.1, 0.15) is 5.75 Å². The second-order valence-corrected chi connectivity index (χ2v) is 4.96. The number of fused-ring (bicyclic) bond motifs is 1. The standard InChI is InChI=1S/C15H21NO3/c1-19-12-7-8-13-11(10-12)4-2-5-14(13)16-9-3-6-15(17)18/h7-8,10,14,16H,2-6,9H2,1H3,(H,17,18). The van der Waals surface area contributed by atoms with Gasteiger partial charge in [0.15, 0.2) is 0 Å². The van der Waals surface area contributed by atoms with Gasteiger partial charge in [-0.3, -0.25) is 4.79 Å². The van der Waals surface area contributed by atoms with Crippen LogP contribution in [0.5, 0.6) is 5.75 Å². The smallest absolute Gasteiger partial charge is 0.303 e. The maximum atomic E-state index is 10.5. The van der Waals surface area contributed by atoms with Gasteiger partial charge in [-0.1, -0.05) is 6.07 Å². The van der Waals surface area contributed by atoms with Gasteiger partial charge in [-0.15, -0.1) is 0 Å². The van der Waals surface area contributed by atoms with Crippen LogP contribution < -0.4 is 10.1 Å². The Bertz CT molecular complexity index is 445. The topological polar surface area (TPSA) is 58.6 Å². The molecule has 0 fully saturated rings. The zero-order valence-corrected chi connectivity index (χ0v) is 11.3. The third-order valence-corrected chi connectivity index (χ3v) is 3.62. The normalized spacial score (nSPS) is 17.8. The Morgan fingerprint density at radius 3 is 3.11 bits per heavy atom. The lowest BCUT2D eigenvalue weighted by Gasteiger charge is -2.27. The molecule has 1 aliphatic rings. The van der Waals surface area contributed by atoms with E-state index in [-0.39, 0.29) is 6.42 Å². The zero-order valence-electron chi connectivity index (χ0n) is 11.3. The van der Waals surface area contributed by atoms with E-state index in [1.807, 2.05) is 6.07 Å². The van der Waals surface area contributed by atoms with Crippen molar-refractivity contribution in [2.75, 3.05) is 13.7 Å². The first-order valence-electron chi connectivity index (χ1n) is 6.82. The molecule has 1 unspecified atom stereocenters. The summed E-state index contributed by atoms with van der Waals surface area (Å²) in [4.78, 5) is 10.5. The number of carboxylic acid groups (broad SMARTS) is 1. The van der Waals surface area contributed by atoms with E-state index in [9.17, 15) is 4.79 Å². The number of aryl methyl sites for hydroxylation is 1. The number of ether oxygens (including phenoxy) is 1. The van der Waals surface area contributed by atoms with Crippen LogP contribution in [0.15, 0.2) is 18.2 Å². The maximum absolute atomic E-state index is 10.5. The van der Waals surface area contributed by atoms with Crippen LogP contribution >= 0.6 is 0 Å². The van der Waals surface area contributed by atoms with Crippen LogP contribution in [0.4, 0.5) is 0 Å². The average molecular weight is 263 g/mol. The number of rotatable bonds is 6. The molecule has 0 bridgehead atoms. The lowest BCUT2D eigenvalue weighted by Crippen LogP contribution is -2.26. The van der Waals surface area contributed by atoms with Gasteiger partial charge in [0, 0.05) is 12.5 Å². The van der Waals surface area contributed by atoms with Gasteiger partial charge < -0.3 is 15.2 Å². The van der Waals surface area contributed by atoms with Crippen LogP contribution in [0.2, 0.25) is 0 Å². The van der Waals surface area contributed by atoms with E-state index in [1.54, 1.807) is 7.11 Å². The number of hydrogen-bond acceptors (Lipinski definition) is 3. The van der Waals surface area contributed by atoms with Crippen molar-refractivity contribution in [1.82, 2.24) is 5.32 Å². The lowest BCUT2D eigenvalue weighted by atomic mass is 9.87. The minimum atomic E-state index is -0.726. The van der Waals surface area contributed by atoms with Crippen molar-refractivity contribution in [3.63, 3.8) is 0 Å². The molecular weight excluding hydrogens is 242 g/mol. The van der Waals surface area contributed by atoms with Crippen molar-refractivity contribution in [3.05, 3.63) is 29.3 Å². The number of nitrogens with one attached hydrogen (secondary N) is 1. The van der Waals surface area contributed by atoms with Crippen molar-refractivity contribution < 1.29 is 14.6 Å². The monoisotopic (exact) mass is 263 g/mol. The van der Waals surface area contributed by atoms with E-state index in [0.29, 0.717) is 12.5 Å². The van der Waals surface area contributed by atoms with Crippen LogP contribution in [0, 0.1) is 0 Å². The Balaban J connectivity index is 1.95. The molecule has 104 valence electrons. The van der Waals surface area contributed by atoms with Crippen molar-refractivity contribution >= 4 is 5.97 Å². The van der Waals surface area contributed by atoms with E-state index in [1.165, 1.54) is 11.1 Å². The van der Waals surface area contributed by atoms with Crippen molar-refractivity contribution in [2.24, 2.45) is 0 Å². The lowest BCUT2D eigenvalue weighted by molar-refractivity contribution is -0.137. The van der Waals surface area contributed by atoms with Gasteiger partial charge in [-0.25, -0.2) is 0 Å². The SMILES string of the molecule is COc1ccc2c(c1)CCCC2NCCCC(=O)O. The van der Waals surface area contributed by atoms with Gasteiger partial charge in [-0.05, 0) is 55.5 Å². The third-order valence-electron chi connectivity index (χ3n) is 3.62. The van der Waals surface area contributed by atoms with Crippen LogP contribution in [-0.4, -0.2) is 24.7 Å². The summed E-state index contributed by atoms with van der Waals surface area (Å²) in [5.41, 5.74) is 2.68. The van der Waals surface area contributed by atoms with E-state index < -0.39 is 5.97 Å². The Hall–Kier alpha value is -1.55. The highest BCUT2D eigenvalue weighted by atomic mass is 16.5. The van der Waals surface area contributed by atoms with Gasteiger partial charge in [-0.2, -0.15) is 0 Å². The van der Waals surface area contributed by atoms with E-state index >= 15 is 0 Å². The van der Waals surface area contributed by atoms with Crippen molar-refractivity contribution in [2.45, 2.75) is 38.1 Å². The van der Waals surface area contributed by atoms with Crippen LogP contribution in [0.1, 0.15) is 42.9 Å². The molecule has 1 aliphatic carbocycles. The molecule has 0 aliphatic heterocycles. The zero-order chi connectivity index (χ0) is 13.7. The number of benzene rings is 1. The summed E-state index contributed by atoms with van der Waals surface area (Å²) < 4.78 is 5.25. The third kappa shape index (κ3) is 3.70. The highest BCUT2D eigenvalue weighted by Crippen LogP contribution is 2.32. The molecule has 0 saturated carbocycles. The number of carboxylic acids is 1. The fourth-order valence-corrected chi connectivity index (χ4v) is 2.65. The molecule has 1 aromatic rings. The molecule has 19 heavy (non-hydrogen) atoms. The van der Waals surface area contributed by atoms with E-state index in [4.69, 9.17) is 9.84 Å². The van der Waals surface area contributed by atoms with Crippen LogP contribution in [-0.2, 0) is 11.2 Å². The minimum absolute atomic E-state index is 0.231. The molecule has 0 amide bonds. The van der Waals surface area contributed by atoms with E-state index in [0.717, 1.165) is 31.6 Å². The molecule has 4 nitrogen and oxygen atoms in total. The Morgan fingerprint density at radius 1 is 1.53 bits per heavy atom. The predicted molar refractivity (Wildman–Crippen MR) is 73.5 cm³/mol. The van der Waals surface area contributed by atoms with Crippen LogP contribution in [0.25, 0.3) is 0 Å². The van der Waals surface area contributed by atoms with Gasteiger partial charge in [0.25, 0.3) is 0 Å². The molecule has 0 aromatic heterocycles. The highest BCUT2D eigenvalue weighted by molar-refractivity contribution is 5.66. The maximum Gasteiger partial charge on any atom is 0.303 e. The molecule has 0 radical (unpaired) electrons. The molecule has 2 N–H and O–H groups in total. The van der Waals surface area contributed by atoms with Crippen LogP contribution in [0.3, 0.4) is 0 Å². The van der Waals surface area contributed by atoms with Gasteiger partial charge in [0.05, 0.1) is 7.11 Å². The fourth-order valence-electron chi connectivity index (χ4n) is 2.65. The summed E-state index contributed by atoms with van der Waals surface area (Å²) in [5.74, 6) is 0.181. The summed E-state index contributed by atoms with van der Waals surface area (Å²) in [5, 5.41) is 12.1. The molecule has 0 heterocycles. The Morgan fingerprint density at radius 2 is 2.37 bits per heavy atom. The first-order chi connectivity index (χ1) is 9.20. The molecule has 2 rings (SSSR count). The number of hydrogen-bond donors (Lipinski definition) is 2. The fraction of sp³-hybridized carbons (Fsp3) is 0.533. The molecule has 4 heteroatoms. The molecule has 0 saturated heterocycles. The average Bonchev–Trinajstić information content (AvgIpc) is 2.42. The number of carbonyl (C=O) groups is 1. The van der Waals surface area contributed by atoms with Gasteiger partial charge >= 0.3 is 5.97 Å². The summed E-state index contributed by atoms with van der Waals surface area (Å²) in [6.07, 6.45) is 4.29. The highest BCUT2D eigenvalue weighted by Gasteiger charge is 2.19. The largest absolute Gasteiger partial charge is 0.497 e. The van der Waals surface area contributed by atoms with Gasteiger partial charge in [0.2, 0.25) is 0 Å². The first-order valence-corrected chi connectivity index (χ1v) is 6.82. The summed E-state index contributed by atoms with van der Waals surface area (Å²) in [6.45, 7) is 0.752. The van der Waals surface area contributed by atoms with Crippen molar-refractivity contribution in [3.8, 4) is 5.75 Å². The predicted octanol–water partition coefficient (Wildman–Crippen LogP) is 2.53. The van der Waals surface area contributed by atoms with Crippen molar-refractivity contribution in [1.29, 1.82) is 0 Å².